The minimum Gasteiger partial charge on any atom is -0.369 e. The molecular formula is C14H24BrN3. The maximum Gasteiger partial charge on any atom is 0.144 e. The molecule has 3 nitrogen and oxygen atoms in total. The number of nitrogens with one attached hydrogen (secondary N) is 1. The zero-order valence-corrected chi connectivity index (χ0v) is 13.6. The van der Waals surface area contributed by atoms with Crippen molar-refractivity contribution in [1.82, 2.24) is 9.97 Å². The summed E-state index contributed by atoms with van der Waals surface area (Å²) in [5, 5.41) is 3.31. The van der Waals surface area contributed by atoms with Crippen LogP contribution in [0.4, 0.5) is 5.82 Å². The summed E-state index contributed by atoms with van der Waals surface area (Å²) in [5.41, 5.74) is 1.12. The lowest BCUT2D eigenvalue weighted by atomic mass is 10.1. The molecule has 1 unspecified atom stereocenters. The second-order valence-corrected chi connectivity index (χ2v) is 5.92. The molecule has 1 aromatic heterocycles. The zero-order valence-electron chi connectivity index (χ0n) is 12.0. The minimum atomic E-state index is 0.404. The highest BCUT2D eigenvalue weighted by atomic mass is 79.9. The second kappa shape index (κ2) is 7.07. The van der Waals surface area contributed by atoms with Crippen LogP contribution in [0.3, 0.4) is 0 Å². The monoisotopic (exact) mass is 313 g/mol. The fourth-order valence-corrected chi connectivity index (χ4v) is 2.20. The molecular weight excluding hydrogens is 290 g/mol. The van der Waals surface area contributed by atoms with Crippen LogP contribution in [0.25, 0.3) is 0 Å². The van der Waals surface area contributed by atoms with Gasteiger partial charge in [-0.25, -0.2) is 9.97 Å². The van der Waals surface area contributed by atoms with E-state index in [4.69, 9.17) is 4.98 Å². The molecule has 0 saturated heterocycles. The summed E-state index contributed by atoms with van der Waals surface area (Å²) >= 11 is 3.63. The van der Waals surface area contributed by atoms with Crippen LogP contribution in [0.1, 0.15) is 58.5 Å². The Bertz CT molecular complexity index is 391. The Labute approximate surface area is 119 Å². The highest BCUT2D eigenvalue weighted by Crippen LogP contribution is 2.28. The Kier molecular flexibility index (Phi) is 6.06. The van der Waals surface area contributed by atoms with Gasteiger partial charge in [-0.1, -0.05) is 27.7 Å². The summed E-state index contributed by atoms with van der Waals surface area (Å²) in [6, 6.07) is 0. The molecule has 0 aliphatic heterocycles. The molecule has 1 N–H and O–H groups in total. The Balaban J connectivity index is 3.18. The molecule has 0 amide bonds. The van der Waals surface area contributed by atoms with Crippen LogP contribution in [-0.2, 0) is 6.42 Å². The van der Waals surface area contributed by atoms with Crippen molar-refractivity contribution in [3.05, 3.63) is 16.0 Å². The molecule has 0 radical (unpaired) electrons. The van der Waals surface area contributed by atoms with E-state index in [-0.39, 0.29) is 0 Å². The molecule has 0 aliphatic rings. The van der Waals surface area contributed by atoms with Crippen molar-refractivity contribution in [2.45, 2.75) is 53.4 Å². The first-order chi connectivity index (χ1) is 8.49. The van der Waals surface area contributed by atoms with Crippen molar-refractivity contribution in [1.29, 1.82) is 0 Å². The van der Waals surface area contributed by atoms with Crippen LogP contribution in [0.2, 0.25) is 0 Å². The lowest BCUT2D eigenvalue weighted by Gasteiger charge is -2.16. The largest absolute Gasteiger partial charge is 0.369 e. The van der Waals surface area contributed by atoms with Crippen LogP contribution < -0.4 is 5.32 Å². The number of anilines is 1. The molecule has 0 aliphatic carbocycles. The van der Waals surface area contributed by atoms with Crippen LogP contribution >= 0.6 is 15.9 Å². The first-order valence-electron chi connectivity index (χ1n) is 6.79. The minimum absolute atomic E-state index is 0.404. The molecule has 0 spiro atoms. The molecule has 1 aromatic rings. The van der Waals surface area contributed by atoms with Gasteiger partial charge in [0.25, 0.3) is 0 Å². The Morgan fingerprint density at radius 1 is 1.17 bits per heavy atom. The van der Waals surface area contributed by atoms with Crippen molar-refractivity contribution in [3.63, 3.8) is 0 Å². The molecule has 1 rings (SSSR count). The van der Waals surface area contributed by atoms with Gasteiger partial charge in [-0.15, -0.1) is 0 Å². The molecule has 18 heavy (non-hydrogen) atoms. The Hall–Kier alpha value is -0.640. The highest BCUT2D eigenvalue weighted by Gasteiger charge is 2.15. The maximum absolute atomic E-state index is 4.73. The van der Waals surface area contributed by atoms with E-state index in [1.807, 2.05) is 0 Å². The van der Waals surface area contributed by atoms with Crippen LogP contribution in [0.5, 0.6) is 0 Å². The number of nitrogens with zero attached hydrogens (tertiary/aromatic N) is 2. The van der Waals surface area contributed by atoms with E-state index in [1.54, 1.807) is 0 Å². The van der Waals surface area contributed by atoms with Crippen LogP contribution in [0, 0.1) is 5.92 Å². The van der Waals surface area contributed by atoms with Gasteiger partial charge in [0.05, 0.1) is 10.2 Å². The lowest BCUT2D eigenvalue weighted by molar-refractivity contribution is 0.614. The van der Waals surface area contributed by atoms with E-state index >= 15 is 0 Å². The summed E-state index contributed by atoms with van der Waals surface area (Å²) in [6.45, 7) is 11.7. The molecule has 1 heterocycles. The summed E-state index contributed by atoms with van der Waals surface area (Å²) in [7, 11) is 0. The van der Waals surface area contributed by atoms with Gasteiger partial charge in [0.2, 0.25) is 0 Å². The summed E-state index contributed by atoms with van der Waals surface area (Å²) in [6.07, 6.45) is 2.04. The fourth-order valence-electron chi connectivity index (χ4n) is 1.72. The van der Waals surface area contributed by atoms with E-state index in [0.29, 0.717) is 11.8 Å². The summed E-state index contributed by atoms with van der Waals surface area (Å²) in [5.74, 6) is 2.88. The highest BCUT2D eigenvalue weighted by molar-refractivity contribution is 9.10. The average molecular weight is 314 g/mol. The third-order valence-electron chi connectivity index (χ3n) is 2.94. The third-order valence-corrected chi connectivity index (χ3v) is 3.77. The maximum atomic E-state index is 4.73. The smallest absolute Gasteiger partial charge is 0.144 e. The predicted octanol–water partition coefficient (Wildman–Crippen LogP) is 4.38. The van der Waals surface area contributed by atoms with E-state index in [1.165, 1.54) is 0 Å². The quantitative estimate of drug-likeness (QED) is 0.846. The van der Waals surface area contributed by atoms with E-state index in [2.05, 4.69) is 60.8 Å². The van der Waals surface area contributed by atoms with Gasteiger partial charge in [-0.3, -0.25) is 0 Å². The van der Waals surface area contributed by atoms with Gasteiger partial charge in [-0.2, -0.15) is 0 Å². The Morgan fingerprint density at radius 2 is 1.83 bits per heavy atom. The predicted molar refractivity (Wildman–Crippen MR) is 81.1 cm³/mol. The van der Waals surface area contributed by atoms with Crippen molar-refractivity contribution < 1.29 is 0 Å². The van der Waals surface area contributed by atoms with E-state index in [9.17, 15) is 0 Å². The average Bonchev–Trinajstić information content (AvgIpc) is 2.32. The van der Waals surface area contributed by atoms with Gasteiger partial charge in [-0.05, 0) is 41.6 Å². The molecule has 1 atom stereocenters. The fraction of sp³-hybridized carbons (Fsp3) is 0.714. The topological polar surface area (TPSA) is 37.8 Å². The van der Waals surface area contributed by atoms with Gasteiger partial charge < -0.3 is 5.32 Å². The summed E-state index contributed by atoms with van der Waals surface area (Å²) in [4.78, 5) is 9.36. The molecule has 0 bridgehead atoms. The first kappa shape index (κ1) is 15.4. The first-order valence-corrected chi connectivity index (χ1v) is 7.58. The standard InChI is InChI=1S/C14H24BrN3/c1-6-10(5)13-17-11(8-9(3)4)12(15)14(18-13)16-7-2/h9-10H,6-8H2,1-5H3,(H,16,17,18). The molecule has 102 valence electrons. The van der Waals surface area contributed by atoms with Crippen molar-refractivity contribution in [2.24, 2.45) is 5.92 Å². The number of halogens is 1. The molecule has 0 saturated carbocycles. The lowest BCUT2D eigenvalue weighted by Crippen LogP contribution is -2.11. The molecule has 4 heteroatoms. The van der Waals surface area contributed by atoms with Crippen LogP contribution in [0.15, 0.2) is 4.47 Å². The van der Waals surface area contributed by atoms with E-state index < -0.39 is 0 Å². The number of hydrogen-bond donors (Lipinski definition) is 1. The summed E-state index contributed by atoms with van der Waals surface area (Å²) < 4.78 is 1.02. The van der Waals surface area contributed by atoms with Gasteiger partial charge in [0, 0.05) is 12.5 Å². The number of aromatic nitrogens is 2. The van der Waals surface area contributed by atoms with Gasteiger partial charge >= 0.3 is 0 Å². The number of rotatable bonds is 6. The Morgan fingerprint density at radius 3 is 2.33 bits per heavy atom. The van der Waals surface area contributed by atoms with Crippen molar-refractivity contribution >= 4 is 21.7 Å². The van der Waals surface area contributed by atoms with Crippen LogP contribution in [-0.4, -0.2) is 16.5 Å². The molecule has 0 fully saturated rings. The van der Waals surface area contributed by atoms with Gasteiger partial charge in [0.1, 0.15) is 11.6 Å². The van der Waals surface area contributed by atoms with Gasteiger partial charge in [0.15, 0.2) is 0 Å². The third kappa shape index (κ3) is 3.94. The SMILES string of the molecule is CCNc1nc(C(C)CC)nc(CC(C)C)c1Br. The number of hydrogen-bond acceptors (Lipinski definition) is 3. The molecule has 0 aromatic carbocycles. The van der Waals surface area contributed by atoms with Crippen molar-refractivity contribution in [3.8, 4) is 0 Å². The zero-order chi connectivity index (χ0) is 13.7. The second-order valence-electron chi connectivity index (χ2n) is 5.13. The normalized spacial score (nSPS) is 12.8. The van der Waals surface area contributed by atoms with Crippen molar-refractivity contribution in [2.75, 3.05) is 11.9 Å². The van der Waals surface area contributed by atoms with E-state index in [0.717, 1.165) is 41.2 Å².